The van der Waals surface area contributed by atoms with E-state index in [0.717, 1.165) is 16.4 Å². The zero-order chi connectivity index (χ0) is 14.9. The van der Waals surface area contributed by atoms with Gasteiger partial charge in [-0.2, -0.15) is 0 Å². The molecule has 0 bridgehead atoms. The molecule has 3 rings (SSSR count). The molecule has 1 aliphatic heterocycles. The number of hydrogen-bond donors (Lipinski definition) is 0. The van der Waals surface area contributed by atoms with Gasteiger partial charge < -0.3 is 0 Å². The molecule has 21 heavy (non-hydrogen) atoms. The fraction of sp³-hybridized carbons (Fsp3) is 0.312. The van der Waals surface area contributed by atoms with E-state index in [1.165, 1.54) is 9.27 Å². The van der Waals surface area contributed by atoms with Crippen molar-refractivity contribution in [1.29, 1.82) is 0 Å². The zero-order valence-electron chi connectivity index (χ0n) is 12.6. The minimum absolute atomic E-state index is 0.627. The topological polar surface area (TPSA) is 31.4 Å². The summed E-state index contributed by atoms with van der Waals surface area (Å²) in [6.07, 6.45) is 6.16. The minimum atomic E-state index is -2.10. The Morgan fingerprint density at radius 1 is 1.19 bits per heavy atom. The predicted octanol–water partition coefficient (Wildman–Crippen LogP) is 3.63. The van der Waals surface area contributed by atoms with E-state index in [9.17, 15) is 0 Å². The molecule has 5 heteroatoms. The van der Waals surface area contributed by atoms with Crippen LogP contribution in [0.4, 0.5) is 0 Å². The van der Waals surface area contributed by atoms with Gasteiger partial charge in [-0.15, -0.1) is 0 Å². The third-order valence-corrected chi connectivity index (χ3v) is 9.38. The first kappa shape index (κ1) is 14.9. The van der Waals surface area contributed by atoms with Gasteiger partial charge in [0.2, 0.25) is 0 Å². The van der Waals surface area contributed by atoms with Gasteiger partial charge in [-0.25, -0.2) is 0 Å². The van der Waals surface area contributed by atoms with Gasteiger partial charge in [-0.05, 0) is 0 Å². The molecule has 3 heterocycles. The quantitative estimate of drug-likeness (QED) is 0.728. The van der Waals surface area contributed by atoms with Crippen molar-refractivity contribution in [3.8, 4) is 11.5 Å². The Morgan fingerprint density at radius 2 is 2.00 bits per heavy atom. The number of aromatic nitrogens is 1. The summed E-state index contributed by atoms with van der Waals surface area (Å²) < 4.78 is 12.6. The second-order valence-corrected chi connectivity index (χ2v) is 21.3. The van der Waals surface area contributed by atoms with Crippen molar-refractivity contribution in [1.82, 2.24) is 4.98 Å². The molecule has 0 spiro atoms. The number of fused-ring (bicyclic) bond motifs is 1. The standard InChI is InChI=1S/C13H10NO2S.3CH3.Sn/c1(10-3-5-14-6-4-10)2-12-13-11(9-17-12)15-7-8-16-13;;;;/h1-5,9H,7-8H2;3*1H3;. The molecule has 0 aliphatic carbocycles. The van der Waals surface area contributed by atoms with E-state index >= 15 is 0 Å². The van der Waals surface area contributed by atoms with Gasteiger partial charge in [0.25, 0.3) is 0 Å². The molecule has 0 fully saturated rings. The van der Waals surface area contributed by atoms with Crippen LogP contribution >= 0.6 is 11.3 Å². The Kier molecular flexibility index (Phi) is 4.26. The van der Waals surface area contributed by atoms with E-state index in [1.807, 2.05) is 11.6 Å². The Bertz CT molecular complexity index is 673. The second-order valence-electron chi connectivity index (χ2n) is 6.05. The molecular formula is C16H19NO2SSn. The third-order valence-electron chi connectivity index (χ3n) is 3.31. The summed E-state index contributed by atoms with van der Waals surface area (Å²) in [6, 6.07) is 4.28. The molecule has 110 valence electrons. The fourth-order valence-electron chi connectivity index (χ4n) is 2.13. The van der Waals surface area contributed by atoms with Crippen LogP contribution in [-0.2, 0) is 0 Å². The number of ether oxygens (including phenoxy) is 2. The summed E-state index contributed by atoms with van der Waals surface area (Å²) in [5, 5.41) is 2.01. The summed E-state index contributed by atoms with van der Waals surface area (Å²) in [4.78, 5) is 12.8. The van der Waals surface area contributed by atoms with Crippen molar-refractivity contribution in [2.45, 2.75) is 14.8 Å². The number of nitrogens with zero attached hydrogens (tertiary/aromatic N) is 1. The first-order valence-corrected chi connectivity index (χ1v) is 17.9. The van der Waals surface area contributed by atoms with Crippen LogP contribution in [-0.4, -0.2) is 36.6 Å². The Morgan fingerprint density at radius 3 is 2.81 bits per heavy atom. The average molecular weight is 408 g/mol. The van der Waals surface area contributed by atoms with E-state index in [2.05, 4.69) is 44.1 Å². The van der Waals surface area contributed by atoms with E-state index in [-0.39, 0.29) is 0 Å². The molecular weight excluding hydrogens is 389 g/mol. The van der Waals surface area contributed by atoms with Crippen LogP contribution in [0.15, 0.2) is 23.7 Å². The molecule has 0 amide bonds. The number of rotatable bonds is 3. The molecule has 3 nitrogen and oxygen atoms in total. The average Bonchev–Trinajstić information content (AvgIpc) is 2.88. The first-order chi connectivity index (χ1) is 10.0. The van der Waals surface area contributed by atoms with Gasteiger partial charge in [0.05, 0.1) is 0 Å². The third kappa shape index (κ3) is 3.43. The number of thiophene rings is 1. The van der Waals surface area contributed by atoms with Crippen LogP contribution in [0.5, 0.6) is 11.5 Å². The van der Waals surface area contributed by atoms with Crippen LogP contribution in [0, 0.1) is 0 Å². The van der Waals surface area contributed by atoms with Crippen molar-refractivity contribution in [3.63, 3.8) is 0 Å². The van der Waals surface area contributed by atoms with Crippen molar-refractivity contribution in [3.05, 3.63) is 34.2 Å². The maximum absolute atomic E-state index is 5.69. The molecule has 0 unspecified atom stereocenters. The second kappa shape index (κ2) is 6.00. The summed E-state index contributed by atoms with van der Waals surface area (Å²) in [5.74, 6) is 1.75. The van der Waals surface area contributed by atoms with E-state index < -0.39 is 18.4 Å². The molecule has 0 N–H and O–H groups in total. The van der Waals surface area contributed by atoms with Crippen molar-refractivity contribution in [2.75, 3.05) is 13.2 Å². The van der Waals surface area contributed by atoms with Gasteiger partial charge in [0, 0.05) is 0 Å². The molecule has 0 aromatic carbocycles. The van der Waals surface area contributed by atoms with Gasteiger partial charge in [0.15, 0.2) is 0 Å². The molecule has 0 atom stereocenters. The molecule has 2 aromatic rings. The van der Waals surface area contributed by atoms with Gasteiger partial charge in [-0.3, -0.25) is 0 Å². The Hall–Kier alpha value is -1.01. The normalized spacial score (nSPS) is 14.6. The van der Waals surface area contributed by atoms with Crippen molar-refractivity contribution in [2.24, 2.45) is 0 Å². The number of pyridine rings is 1. The Labute approximate surface area is 133 Å². The van der Waals surface area contributed by atoms with Gasteiger partial charge in [0.1, 0.15) is 0 Å². The summed E-state index contributed by atoms with van der Waals surface area (Å²) in [6.45, 7) is 1.27. The van der Waals surface area contributed by atoms with Crippen LogP contribution in [0.3, 0.4) is 0 Å². The zero-order valence-corrected chi connectivity index (χ0v) is 16.2. The SMILES string of the molecule is [CH3][Sn]([CH3])([CH3])[c]1cc(C=Cc2scc3c2OCCO3)ccn1. The van der Waals surface area contributed by atoms with Crippen LogP contribution in [0.2, 0.25) is 14.8 Å². The van der Waals surface area contributed by atoms with Gasteiger partial charge in [-0.1, -0.05) is 0 Å². The fourth-order valence-corrected chi connectivity index (χ4v) is 5.98. The first-order valence-electron chi connectivity index (χ1n) is 7.06. The summed E-state index contributed by atoms with van der Waals surface area (Å²) >= 11 is -0.447. The number of hydrogen-bond acceptors (Lipinski definition) is 4. The molecule has 2 aromatic heterocycles. The molecule has 0 radical (unpaired) electrons. The molecule has 1 aliphatic rings. The molecule has 0 saturated heterocycles. The summed E-state index contributed by atoms with van der Waals surface area (Å²) in [7, 11) is 0. The van der Waals surface area contributed by atoms with Crippen LogP contribution in [0.1, 0.15) is 10.4 Å². The van der Waals surface area contributed by atoms with E-state index in [0.29, 0.717) is 13.2 Å². The predicted molar refractivity (Wildman–Crippen MR) is 91.5 cm³/mol. The van der Waals surface area contributed by atoms with E-state index in [4.69, 9.17) is 9.47 Å². The van der Waals surface area contributed by atoms with Crippen molar-refractivity contribution >= 4 is 45.6 Å². The van der Waals surface area contributed by atoms with Gasteiger partial charge >= 0.3 is 134 Å². The Balaban J connectivity index is 1.85. The van der Waals surface area contributed by atoms with Crippen LogP contribution < -0.4 is 13.2 Å². The van der Waals surface area contributed by atoms with Crippen LogP contribution in [0.25, 0.3) is 12.2 Å². The maximum atomic E-state index is 5.69. The molecule has 0 saturated carbocycles. The van der Waals surface area contributed by atoms with Crippen molar-refractivity contribution < 1.29 is 9.47 Å². The summed E-state index contributed by atoms with van der Waals surface area (Å²) in [5.41, 5.74) is 1.20. The monoisotopic (exact) mass is 409 g/mol. The van der Waals surface area contributed by atoms with E-state index in [1.54, 1.807) is 11.3 Å².